The number of nitrogens with one attached hydrogen (secondary N) is 1. The topological polar surface area (TPSA) is 42.0 Å². The minimum atomic E-state index is -0.0493. The van der Waals surface area contributed by atoms with Crippen LogP contribution < -0.4 is 5.32 Å². The molecule has 0 saturated carbocycles. The van der Waals surface area contributed by atoms with E-state index in [0.717, 1.165) is 46.1 Å². The van der Waals surface area contributed by atoms with Gasteiger partial charge in [0.25, 0.3) is 5.91 Å². The largest absolute Gasteiger partial charge is 0.320 e. The lowest BCUT2D eigenvalue weighted by atomic mass is 9.96. The van der Waals surface area contributed by atoms with E-state index < -0.39 is 0 Å². The van der Waals surface area contributed by atoms with Gasteiger partial charge in [-0.05, 0) is 43.0 Å². The molecule has 3 nitrogen and oxygen atoms in total. The zero-order valence-corrected chi connectivity index (χ0v) is 15.6. The molecule has 0 aliphatic carbocycles. The first-order valence-corrected chi connectivity index (χ1v) is 9.44. The SMILES string of the molecule is CCCCCCc1cccc(C)c1C(=O)Nc1cccc2cccnc12. The van der Waals surface area contributed by atoms with Gasteiger partial charge in [0, 0.05) is 17.1 Å². The number of carbonyl (C=O) groups is 1. The van der Waals surface area contributed by atoms with E-state index in [9.17, 15) is 4.79 Å². The monoisotopic (exact) mass is 346 g/mol. The number of hydrogen-bond acceptors (Lipinski definition) is 2. The van der Waals surface area contributed by atoms with Crippen molar-refractivity contribution >= 4 is 22.5 Å². The predicted molar refractivity (Wildman–Crippen MR) is 109 cm³/mol. The third-order valence-corrected chi connectivity index (χ3v) is 4.77. The number of benzene rings is 2. The van der Waals surface area contributed by atoms with Gasteiger partial charge in [-0.25, -0.2) is 0 Å². The summed E-state index contributed by atoms with van der Waals surface area (Å²) in [7, 11) is 0. The second-order valence-electron chi connectivity index (χ2n) is 6.75. The van der Waals surface area contributed by atoms with Crippen LogP contribution in [0.3, 0.4) is 0 Å². The molecule has 0 saturated heterocycles. The molecule has 1 heterocycles. The lowest BCUT2D eigenvalue weighted by Crippen LogP contribution is -2.16. The fourth-order valence-corrected chi connectivity index (χ4v) is 3.39. The summed E-state index contributed by atoms with van der Waals surface area (Å²) >= 11 is 0. The number of nitrogens with zero attached hydrogens (tertiary/aromatic N) is 1. The number of rotatable bonds is 7. The van der Waals surface area contributed by atoms with Crippen LogP contribution in [-0.2, 0) is 6.42 Å². The minimum absolute atomic E-state index is 0.0493. The number of aryl methyl sites for hydroxylation is 2. The fourth-order valence-electron chi connectivity index (χ4n) is 3.39. The van der Waals surface area contributed by atoms with Crippen molar-refractivity contribution in [3.05, 3.63) is 71.4 Å². The highest BCUT2D eigenvalue weighted by Crippen LogP contribution is 2.23. The molecule has 2 aromatic carbocycles. The van der Waals surface area contributed by atoms with Crippen molar-refractivity contribution in [3.63, 3.8) is 0 Å². The van der Waals surface area contributed by atoms with Gasteiger partial charge in [0.2, 0.25) is 0 Å². The quantitative estimate of drug-likeness (QED) is 0.540. The van der Waals surface area contributed by atoms with Crippen LogP contribution >= 0.6 is 0 Å². The molecule has 0 unspecified atom stereocenters. The fraction of sp³-hybridized carbons (Fsp3) is 0.304. The number of carbonyl (C=O) groups excluding carboxylic acids is 1. The molecular weight excluding hydrogens is 320 g/mol. The molecule has 0 atom stereocenters. The van der Waals surface area contributed by atoms with Crippen LogP contribution in [0.15, 0.2) is 54.7 Å². The highest BCUT2D eigenvalue weighted by molar-refractivity contribution is 6.09. The summed E-state index contributed by atoms with van der Waals surface area (Å²) in [5, 5.41) is 4.11. The number of amides is 1. The predicted octanol–water partition coefficient (Wildman–Crippen LogP) is 5.92. The molecule has 1 amide bonds. The zero-order chi connectivity index (χ0) is 18.4. The smallest absolute Gasteiger partial charge is 0.256 e. The van der Waals surface area contributed by atoms with Gasteiger partial charge in [0.05, 0.1) is 11.2 Å². The summed E-state index contributed by atoms with van der Waals surface area (Å²) in [6, 6.07) is 15.9. The summed E-state index contributed by atoms with van der Waals surface area (Å²) in [6.45, 7) is 4.22. The second-order valence-corrected chi connectivity index (χ2v) is 6.75. The molecule has 1 aromatic heterocycles. The van der Waals surface area contributed by atoms with Gasteiger partial charge in [0.1, 0.15) is 0 Å². The molecule has 26 heavy (non-hydrogen) atoms. The first-order chi connectivity index (χ1) is 12.7. The Kier molecular flexibility index (Phi) is 6.00. The van der Waals surface area contributed by atoms with Crippen LogP contribution in [0, 0.1) is 6.92 Å². The number of para-hydroxylation sites is 1. The van der Waals surface area contributed by atoms with Crippen LogP contribution in [0.2, 0.25) is 0 Å². The van der Waals surface area contributed by atoms with Crippen LogP contribution in [-0.4, -0.2) is 10.9 Å². The van der Waals surface area contributed by atoms with E-state index in [4.69, 9.17) is 0 Å². The van der Waals surface area contributed by atoms with Gasteiger partial charge < -0.3 is 5.32 Å². The van der Waals surface area contributed by atoms with Crippen molar-refractivity contribution in [2.24, 2.45) is 0 Å². The molecular formula is C23H26N2O. The standard InChI is InChI=1S/C23H26N2O/c1-3-4-5-6-11-18-12-7-10-17(2)21(18)23(26)25-20-15-8-13-19-14-9-16-24-22(19)20/h7-10,12-16H,3-6,11H2,1-2H3,(H,25,26). The van der Waals surface area contributed by atoms with E-state index in [0.29, 0.717) is 0 Å². The Bertz CT molecular complexity index is 896. The van der Waals surface area contributed by atoms with Crippen molar-refractivity contribution in [1.82, 2.24) is 4.98 Å². The molecule has 3 heteroatoms. The second kappa shape index (κ2) is 8.61. The van der Waals surface area contributed by atoms with Crippen molar-refractivity contribution in [2.75, 3.05) is 5.32 Å². The number of hydrogen-bond donors (Lipinski definition) is 1. The molecule has 134 valence electrons. The van der Waals surface area contributed by atoms with Gasteiger partial charge in [-0.2, -0.15) is 0 Å². The normalized spacial score (nSPS) is 10.8. The molecule has 0 aliphatic rings. The average Bonchev–Trinajstić information content (AvgIpc) is 2.65. The Morgan fingerprint density at radius 2 is 1.81 bits per heavy atom. The number of anilines is 1. The first-order valence-electron chi connectivity index (χ1n) is 9.44. The van der Waals surface area contributed by atoms with Gasteiger partial charge in [-0.15, -0.1) is 0 Å². The Hall–Kier alpha value is -2.68. The van der Waals surface area contributed by atoms with E-state index in [2.05, 4.69) is 23.3 Å². The lowest BCUT2D eigenvalue weighted by molar-refractivity contribution is 0.102. The molecule has 1 N–H and O–H groups in total. The highest BCUT2D eigenvalue weighted by Gasteiger charge is 2.15. The van der Waals surface area contributed by atoms with Gasteiger partial charge in [-0.3, -0.25) is 9.78 Å². The van der Waals surface area contributed by atoms with Gasteiger partial charge in [0.15, 0.2) is 0 Å². The number of fused-ring (bicyclic) bond motifs is 1. The van der Waals surface area contributed by atoms with Crippen LogP contribution in [0.4, 0.5) is 5.69 Å². The molecule has 0 aliphatic heterocycles. The van der Waals surface area contributed by atoms with E-state index in [1.54, 1.807) is 6.20 Å². The van der Waals surface area contributed by atoms with Crippen molar-refractivity contribution < 1.29 is 4.79 Å². The first kappa shape index (κ1) is 18.1. The van der Waals surface area contributed by atoms with E-state index in [-0.39, 0.29) is 5.91 Å². The summed E-state index contributed by atoms with van der Waals surface area (Å²) in [6.07, 6.45) is 7.49. The van der Waals surface area contributed by atoms with Gasteiger partial charge in [-0.1, -0.05) is 62.6 Å². The van der Waals surface area contributed by atoms with E-state index >= 15 is 0 Å². The zero-order valence-electron chi connectivity index (χ0n) is 15.6. The number of pyridine rings is 1. The highest BCUT2D eigenvalue weighted by atomic mass is 16.1. The molecule has 0 spiro atoms. The van der Waals surface area contributed by atoms with Crippen molar-refractivity contribution in [3.8, 4) is 0 Å². The third kappa shape index (κ3) is 4.10. The Balaban J connectivity index is 1.85. The molecule has 0 radical (unpaired) electrons. The third-order valence-electron chi connectivity index (χ3n) is 4.77. The Morgan fingerprint density at radius 1 is 1.00 bits per heavy atom. The summed E-state index contributed by atoms with van der Waals surface area (Å²) in [4.78, 5) is 17.5. The number of aromatic nitrogens is 1. The lowest BCUT2D eigenvalue weighted by Gasteiger charge is -2.14. The molecule has 0 bridgehead atoms. The van der Waals surface area contributed by atoms with Crippen LogP contribution in [0.5, 0.6) is 0 Å². The van der Waals surface area contributed by atoms with Crippen molar-refractivity contribution in [2.45, 2.75) is 46.0 Å². The molecule has 3 aromatic rings. The maximum Gasteiger partial charge on any atom is 0.256 e. The summed E-state index contributed by atoms with van der Waals surface area (Å²) < 4.78 is 0. The van der Waals surface area contributed by atoms with E-state index in [1.807, 2.05) is 49.4 Å². The maximum absolute atomic E-state index is 13.0. The Morgan fingerprint density at radius 3 is 2.65 bits per heavy atom. The Labute approximate surface area is 155 Å². The minimum Gasteiger partial charge on any atom is -0.320 e. The van der Waals surface area contributed by atoms with Gasteiger partial charge >= 0.3 is 0 Å². The molecule has 3 rings (SSSR count). The summed E-state index contributed by atoms with van der Waals surface area (Å²) in [5.41, 5.74) is 4.53. The van der Waals surface area contributed by atoms with Crippen LogP contribution in [0.25, 0.3) is 10.9 Å². The van der Waals surface area contributed by atoms with Crippen molar-refractivity contribution in [1.29, 1.82) is 0 Å². The molecule has 0 fully saturated rings. The average molecular weight is 346 g/mol. The maximum atomic E-state index is 13.0. The van der Waals surface area contributed by atoms with E-state index in [1.165, 1.54) is 19.3 Å². The summed E-state index contributed by atoms with van der Waals surface area (Å²) in [5.74, 6) is -0.0493. The van der Waals surface area contributed by atoms with Crippen LogP contribution in [0.1, 0.15) is 54.1 Å². The number of unbranched alkanes of at least 4 members (excludes halogenated alkanes) is 3.